The molecule has 1 aromatic heterocycles. The fraction of sp³-hybridized carbons (Fsp3) is 0.450. The van der Waals surface area contributed by atoms with Crippen LogP contribution in [-0.4, -0.2) is 59.3 Å². The normalized spacial score (nSPS) is 16.9. The van der Waals surface area contributed by atoms with Crippen molar-refractivity contribution in [3.63, 3.8) is 0 Å². The summed E-state index contributed by atoms with van der Waals surface area (Å²) in [5.74, 6) is -0.102. The summed E-state index contributed by atoms with van der Waals surface area (Å²) in [5.41, 5.74) is 3.40. The van der Waals surface area contributed by atoms with Crippen molar-refractivity contribution in [3.8, 4) is 0 Å². The van der Waals surface area contributed by atoms with Crippen LogP contribution in [0.4, 0.5) is 5.69 Å². The highest BCUT2D eigenvalue weighted by Crippen LogP contribution is 2.27. The molecule has 2 aliphatic rings. The van der Waals surface area contributed by atoms with E-state index < -0.39 is 0 Å². The minimum atomic E-state index is -0.101. The number of ether oxygens (including phenoxy) is 1. The summed E-state index contributed by atoms with van der Waals surface area (Å²) in [6, 6.07) is 9.80. The van der Waals surface area contributed by atoms with Gasteiger partial charge < -0.3 is 14.5 Å². The molecule has 1 saturated heterocycles. The van der Waals surface area contributed by atoms with E-state index in [1.165, 1.54) is 5.56 Å². The molecule has 27 heavy (non-hydrogen) atoms. The van der Waals surface area contributed by atoms with Crippen LogP contribution in [0.1, 0.15) is 28.2 Å². The Labute approximate surface area is 158 Å². The number of fused-ring (bicyclic) bond motifs is 1. The second kappa shape index (κ2) is 7.52. The van der Waals surface area contributed by atoms with Crippen LogP contribution < -0.4 is 4.90 Å². The first-order valence-corrected chi connectivity index (χ1v) is 9.43. The van der Waals surface area contributed by atoms with E-state index in [0.29, 0.717) is 32.0 Å². The van der Waals surface area contributed by atoms with Gasteiger partial charge in [-0.2, -0.15) is 5.10 Å². The number of carbonyl (C=O) groups is 2. The van der Waals surface area contributed by atoms with E-state index in [0.717, 1.165) is 30.8 Å². The number of aryl methyl sites for hydroxylation is 2. The topological polar surface area (TPSA) is 67.7 Å². The van der Waals surface area contributed by atoms with Crippen LogP contribution >= 0.6 is 0 Å². The summed E-state index contributed by atoms with van der Waals surface area (Å²) in [7, 11) is 0. The number of amides is 2. The number of hydrogen-bond acceptors (Lipinski definition) is 4. The number of carbonyl (C=O) groups excluding carboxylic acids is 2. The maximum absolute atomic E-state index is 12.9. The largest absolute Gasteiger partial charge is 0.378 e. The Balaban J connectivity index is 1.49. The van der Waals surface area contributed by atoms with E-state index in [1.807, 2.05) is 30.0 Å². The molecule has 0 unspecified atom stereocenters. The molecule has 0 radical (unpaired) electrons. The second-order valence-corrected chi connectivity index (χ2v) is 7.01. The van der Waals surface area contributed by atoms with Gasteiger partial charge in [-0.15, -0.1) is 0 Å². The SMILES string of the molecule is Cc1cc(C(=O)N2CCOCC2)nn1CC(=O)N1CCCc2ccccc21. The third-order valence-electron chi connectivity index (χ3n) is 5.19. The minimum Gasteiger partial charge on any atom is -0.378 e. The van der Waals surface area contributed by atoms with Crippen LogP contribution in [-0.2, 0) is 22.5 Å². The Kier molecular flexibility index (Phi) is 4.94. The molecule has 7 nitrogen and oxygen atoms in total. The number of hydrogen-bond donors (Lipinski definition) is 0. The number of benzene rings is 1. The summed E-state index contributed by atoms with van der Waals surface area (Å²) in [5, 5.41) is 4.41. The zero-order valence-electron chi connectivity index (χ0n) is 15.6. The molecule has 142 valence electrons. The van der Waals surface area contributed by atoms with E-state index in [4.69, 9.17) is 4.74 Å². The Bertz CT molecular complexity index is 855. The molecule has 7 heteroatoms. The molecule has 2 aliphatic heterocycles. The molecule has 0 aliphatic carbocycles. The molecule has 2 amide bonds. The van der Waals surface area contributed by atoms with Gasteiger partial charge in [0.2, 0.25) is 5.91 Å². The summed E-state index contributed by atoms with van der Waals surface area (Å²) in [6.45, 7) is 4.99. The Morgan fingerprint density at radius 2 is 1.93 bits per heavy atom. The molecule has 0 atom stereocenters. The van der Waals surface area contributed by atoms with Crippen LogP contribution in [0.2, 0.25) is 0 Å². The van der Waals surface area contributed by atoms with Crippen LogP contribution in [0.5, 0.6) is 0 Å². The van der Waals surface area contributed by atoms with Crippen molar-refractivity contribution in [3.05, 3.63) is 47.3 Å². The van der Waals surface area contributed by atoms with Gasteiger partial charge in [0.15, 0.2) is 5.69 Å². The van der Waals surface area contributed by atoms with Gasteiger partial charge in [0.05, 0.1) is 13.2 Å². The molecule has 4 rings (SSSR count). The average Bonchev–Trinajstić information content (AvgIpc) is 3.08. The molecule has 0 saturated carbocycles. The van der Waals surface area contributed by atoms with Crippen LogP contribution in [0.25, 0.3) is 0 Å². The monoisotopic (exact) mass is 368 g/mol. The van der Waals surface area contributed by atoms with Gasteiger partial charge in [0.1, 0.15) is 6.54 Å². The lowest BCUT2D eigenvalue weighted by Crippen LogP contribution is -2.41. The van der Waals surface area contributed by atoms with Crippen molar-refractivity contribution in [2.75, 3.05) is 37.7 Å². The number of morpholine rings is 1. The average molecular weight is 368 g/mol. The predicted octanol–water partition coefficient (Wildman–Crippen LogP) is 1.64. The van der Waals surface area contributed by atoms with Gasteiger partial charge >= 0.3 is 0 Å². The lowest BCUT2D eigenvalue weighted by Gasteiger charge is -2.29. The van der Waals surface area contributed by atoms with E-state index in [9.17, 15) is 9.59 Å². The second-order valence-electron chi connectivity index (χ2n) is 7.01. The molecule has 0 bridgehead atoms. The first kappa shape index (κ1) is 17.7. The van der Waals surface area contributed by atoms with Gasteiger partial charge in [-0.05, 0) is 37.5 Å². The van der Waals surface area contributed by atoms with E-state index in [1.54, 1.807) is 15.6 Å². The lowest BCUT2D eigenvalue weighted by atomic mass is 10.0. The Morgan fingerprint density at radius 1 is 1.15 bits per heavy atom. The third-order valence-corrected chi connectivity index (χ3v) is 5.19. The zero-order chi connectivity index (χ0) is 18.8. The summed E-state index contributed by atoms with van der Waals surface area (Å²) < 4.78 is 6.93. The van der Waals surface area contributed by atoms with Gasteiger partial charge in [0.25, 0.3) is 5.91 Å². The van der Waals surface area contributed by atoms with Crippen molar-refractivity contribution in [1.29, 1.82) is 0 Å². The van der Waals surface area contributed by atoms with Gasteiger partial charge in [0, 0.05) is 31.0 Å². The number of nitrogens with zero attached hydrogens (tertiary/aromatic N) is 4. The highest BCUT2D eigenvalue weighted by molar-refractivity contribution is 5.95. The number of anilines is 1. The maximum atomic E-state index is 12.9. The van der Waals surface area contributed by atoms with Crippen LogP contribution in [0.3, 0.4) is 0 Å². The van der Waals surface area contributed by atoms with Crippen molar-refractivity contribution in [2.45, 2.75) is 26.3 Å². The van der Waals surface area contributed by atoms with Gasteiger partial charge in [-0.3, -0.25) is 14.3 Å². The highest BCUT2D eigenvalue weighted by Gasteiger charge is 2.25. The van der Waals surface area contributed by atoms with Crippen molar-refractivity contribution >= 4 is 17.5 Å². The van der Waals surface area contributed by atoms with Crippen molar-refractivity contribution < 1.29 is 14.3 Å². The first-order valence-electron chi connectivity index (χ1n) is 9.43. The molecule has 2 aromatic rings. The molecule has 3 heterocycles. The Morgan fingerprint density at radius 3 is 2.74 bits per heavy atom. The maximum Gasteiger partial charge on any atom is 0.274 e. The van der Waals surface area contributed by atoms with Crippen LogP contribution in [0.15, 0.2) is 30.3 Å². The fourth-order valence-corrected chi connectivity index (χ4v) is 3.71. The number of aromatic nitrogens is 2. The van der Waals surface area contributed by atoms with Crippen molar-refractivity contribution in [1.82, 2.24) is 14.7 Å². The highest BCUT2D eigenvalue weighted by atomic mass is 16.5. The lowest BCUT2D eigenvalue weighted by molar-refractivity contribution is -0.119. The fourth-order valence-electron chi connectivity index (χ4n) is 3.71. The molecule has 1 fully saturated rings. The molecule has 0 N–H and O–H groups in total. The van der Waals surface area contributed by atoms with Gasteiger partial charge in [-0.1, -0.05) is 18.2 Å². The number of para-hydroxylation sites is 1. The van der Waals surface area contributed by atoms with E-state index in [2.05, 4.69) is 11.2 Å². The standard InChI is InChI=1S/C20H24N4O3/c1-15-13-17(20(26)22-9-11-27-12-10-22)21-24(15)14-19(25)23-8-4-6-16-5-2-3-7-18(16)23/h2-3,5,7,13H,4,6,8-12,14H2,1H3. The summed E-state index contributed by atoms with van der Waals surface area (Å²) in [4.78, 5) is 29.1. The molecule has 0 spiro atoms. The molecular formula is C20H24N4O3. The zero-order valence-corrected chi connectivity index (χ0v) is 15.6. The Hall–Kier alpha value is -2.67. The van der Waals surface area contributed by atoms with E-state index in [-0.39, 0.29) is 18.4 Å². The molecular weight excluding hydrogens is 344 g/mol. The van der Waals surface area contributed by atoms with Gasteiger partial charge in [-0.25, -0.2) is 0 Å². The quantitative estimate of drug-likeness (QED) is 0.826. The first-order chi connectivity index (χ1) is 13.1. The van der Waals surface area contributed by atoms with Crippen molar-refractivity contribution in [2.24, 2.45) is 0 Å². The van der Waals surface area contributed by atoms with Crippen LogP contribution in [0, 0.1) is 6.92 Å². The van der Waals surface area contributed by atoms with E-state index >= 15 is 0 Å². The smallest absolute Gasteiger partial charge is 0.274 e. The number of rotatable bonds is 3. The summed E-state index contributed by atoms with van der Waals surface area (Å²) in [6.07, 6.45) is 1.96. The summed E-state index contributed by atoms with van der Waals surface area (Å²) >= 11 is 0. The third kappa shape index (κ3) is 3.60. The molecule has 1 aromatic carbocycles. The predicted molar refractivity (Wildman–Crippen MR) is 101 cm³/mol. The minimum absolute atomic E-state index is 0.00118.